The van der Waals surface area contributed by atoms with Crippen molar-refractivity contribution in [3.8, 4) is 0 Å². The first kappa shape index (κ1) is 10.2. The van der Waals surface area contributed by atoms with E-state index in [9.17, 15) is 0 Å². The van der Waals surface area contributed by atoms with E-state index in [0.29, 0.717) is 16.0 Å². The fraction of sp³-hybridized carbons (Fsp3) is 0.250. The Morgan fingerprint density at radius 2 is 2.46 bits per heavy atom. The molecule has 0 amide bonds. The van der Waals surface area contributed by atoms with Gasteiger partial charge in [0, 0.05) is 17.8 Å². The minimum Gasteiger partial charge on any atom is -0.363 e. The van der Waals surface area contributed by atoms with Crippen LogP contribution >= 0.6 is 23.8 Å². The lowest BCUT2D eigenvalue weighted by atomic mass is 10.4. The van der Waals surface area contributed by atoms with Gasteiger partial charge in [-0.25, -0.2) is 4.98 Å². The lowest BCUT2D eigenvalue weighted by Crippen LogP contribution is -2.28. The normalized spacial score (nSPS) is 9.38. The van der Waals surface area contributed by atoms with Crippen molar-refractivity contribution in [1.82, 2.24) is 10.3 Å². The predicted octanol–water partition coefficient (Wildman–Crippen LogP) is 2.04. The second kappa shape index (κ2) is 4.99. The molecule has 0 saturated heterocycles. The second-order valence-corrected chi connectivity index (χ2v) is 3.19. The maximum atomic E-state index is 5.76. The Morgan fingerprint density at radius 3 is 3.08 bits per heavy atom. The summed E-state index contributed by atoms with van der Waals surface area (Å²) in [6, 6.07) is 3.42. The van der Waals surface area contributed by atoms with Gasteiger partial charge < -0.3 is 10.6 Å². The van der Waals surface area contributed by atoms with Crippen molar-refractivity contribution < 1.29 is 0 Å². The van der Waals surface area contributed by atoms with Crippen LogP contribution in [0.5, 0.6) is 0 Å². The van der Waals surface area contributed by atoms with Gasteiger partial charge in [0.1, 0.15) is 5.82 Å². The first-order chi connectivity index (χ1) is 6.22. The number of nitrogens with one attached hydrogen (secondary N) is 2. The number of nitrogens with zero attached hydrogens (tertiary/aromatic N) is 1. The molecule has 0 fully saturated rings. The van der Waals surface area contributed by atoms with Crippen LogP contribution < -0.4 is 10.6 Å². The molecule has 0 saturated carbocycles. The number of anilines is 1. The van der Waals surface area contributed by atoms with Crippen LogP contribution in [0.25, 0.3) is 0 Å². The van der Waals surface area contributed by atoms with E-state index in [1.165, 1.54) is 0 Å². The number of aromatic nitrogens is 1. The van der Waals surface area contributed by atoms with Gasteiger partial charge in [0.2, 0.25) is 0 Å². The molecule has 13 heavy (non-hydrogen) atoms. The Hall–Kier alpha value is -0.870. The van der Waals surface area contributed by atoms with Crippen LogP contribution in [0, 0.1) is 0 Å². The zero-order valence-corrected chi connectivity index (χ0v) is 8.75. The molecule has 0 aliphatic heterocycles. The van der Waals surface area contributed by atoms with E-state index in [0.717, 1.165) is 6.54 Å². The van der Waals surface area contributed by atoms with Crippen LogP contribution in [0.3, 0.4) is 0 Å². The number of hydrogen-bond acceptors (Lipinski definition) is 2. The summed E-state index contributed by atoms with van der Waals surface area (Å²) in [4.78, 5) is 4.04. The molecule has 0 aliphatic carbocycles. The standard InChI is InChI=1S/C8H10ClN3S/c1-2-10-8(13)12-7-5-6(9)3-4-11-7/h3-5H,2H2,1H3,(H2,10,11,12,13). The average Bonchev–Trinajstić information content (AvgIpc) is 2.04. The third-order valence-corrected chi connectivity index (χ3v) is 1.78. The van der Waals surface area contributed by atoms with Crippen molar-refractivity contribution in [1.29, 1.82) is 0 Å². The fourth-order valence-corrected chi connectivity index (χ4v) is 1.20. The first-order valence-electron chi connectivity index (χ1n) is 3.88. The zero-order chi connectivity index (χ0) is 9.68. The highest BCUT2D eigenvalue weighted by molar-refractivity contribution is 7.80. The maximum Gasteiger partial charge on any atom is 0.171 e. The number of halogens is 1. The average molecular weight is 216 g/mol. The summed E-state index contributed by atoms with van der Waals surface area (Å²) in [7, 11) is 0. The Labute approximate surface area is 87.5 Å². The lowest BCUT2D eigenvalue weighted by Gasteiger charge is -2.07. The van der Waals surface area contributed by atoms with Crippen molar-refractivity contribution >= 4 is 34.7 Å². The molecule has 3 nitrogen and oxygen atoms in total. The highest BCUT2D eigenvalue weighted by atomic mass is 35.5. The SMILES string of the molecule is CCNC(=S)Nc1cc(Cl)ccn1. The van der Waals surface area contributed by atoms with Crippen LogP contribution in [0.15, 0.2) is 18.3 Å². The van der Waals surface area contributed by atoms with Crippen molar-refractivity contribution in [3.05, 3.63) is 23.4 Å². The Balaban J connectivity index is 2.58. The summed E-state index contributed by atoms with van der Waals surface area (Å²) in [6.45, 7) is 2.76. The van der Waals surface area contributed by atoms with Gasteiger partial charge in [0.15, 0.2) is 5.11 Å². The summed E-state index contributed by atoms with van der Waals surface area (Å²) < 4.78 is 0. The molecule has 0 bridgehead atoms. The molecule has 0 unspecified atom stereocenters. The Bertz CT molecular complexity index is 303. The van der Waals surface area contributed by atoms with Crippen LogP contribution in [-0.4, -0.2) is 16.6 Å². The molecule has 0 atom stereocenters. The maximum absolute atomic E-state index is 5.76. The van der Waals surface area contributed by atoms with E-state index in [1.807, 2.05) is 6.92 Å². The summed E-state index contributed by atoms with van der Waals surface area (Å²) in [6.07, 6.45) is 1.62. The van der Waals surface area contributed by atoms with Gasteiger partial charge in [-0.15, -0.1) is 0 Å². The Kier molecular flexibility index (Phi) is 3.92. The molecule has 0 spiro atoms. The van der Waals surface area contributed by atoms with Gasteiger partial charge in [-0.3, -0.25) is 0 Å². The minimum absolute atomic E-state index is 0.553. The number of hydrogen-bond donors (Lipinski definition) is 2. The quantitative estimate of drug-likeness (QED) is 0.741. The molecule has 1 aromatic rings. The third kappa shape index (κ3) is 3.57. The number of pyridine rings is 1. The molecule has 0 radical (unpaired) electrons. The molecule has 0 aliphatic rings. The molecule has 1 rings (SSSR count). The number of rotatable bonds is 2. The van der Waals surface area contributed by atoms with Crippen LogP contribution in [-0.2, 0) is 0 Å². The fourth-order valence-electron chi connectivity index (χ4n) is 0.794. The van der Waals surface area contributed by atoms with Crippen LogP contribution in [0.4, 0.5) is 5.82 Å². The second-order valence-electron chi connectivity index (χ2n) is 2.34. The van der Waals surface area contributed by atoms with Crippen molar-refractivity contribution in [2.45, 2.75) is 6.92 Å². The summed E-state index contributed by atoms with van der Waals surface area (Å²) in [5.41, 5.74) is 0. The van der Waals surface area contributed by atoms with Gasteiger partial charge in [-0.1, -0.05) is 11.6 Å². The summed E-state index contributed by atoms with van der Waals surface area (Å²) in [5, 5.41) is 7.05. The highest BCUT2D eigenvalue weighted by Gasteiger charge is 1.97. The van der Waals surface area contributed by atoms with E-state index in [4.69, 9.17) is 23.8 Å². The molecular weight excluding hydrogens is 206 g/mol. The minimum atomic E-state index is 0.553. The van der Waals surface area contributed by atoms with Gasteiger partial charge >= 0.3 is 0 Å². The predicted molar refractivity (Wildman–Crippen MR) is 59.1 cm³/mol. The smallest absolute Gasteiger partial charge is 0.171 e. The van der Waals surface area contributed by atoms with Crippen molar-refractivity contribution in [2.24, 2.45) is 0 Å². The largest absolute Gasteiger partial charge is 0.363 e. The first-order valence-corrected chi connectivity index (χ1v) is 4.67. The van der Waals surface area contributed by atoms with E-state index in [1.54, 1.807) is 18.3 Å². The van der Waals surface area contributed by atoms with Crippen molar-refractivity contribution in [3.63, 3.8) is 0 Å². The van der Waals surface area contributed by atoms with Gasteiger partial charge in [-0.2, -0.15) is 0 Å². The topological polar surface area (TPSA) is 37.0 Å². The van der Waals surface area contributed by atoms with Gasteiger partial charge in [-0.05, 0) is 31.3 Å². The van der Waals surface area contributed by atoms with E-state index in [-0.39, 0.29) is 0 Å². The molecule has 70 valence electrons. The zero-order valence-electron chi connectivity index (χ0n) is 7.17. The summed E-state index contributed by atoms with van der Waals surface area (Å²) in [5.74, 6) is 0.651. The van der Waals surface area contributed by atoms with Crippen molar-refractivity contribution in [2.75, 3.05) is 11.9 Å². The Morgan fingerprint density at radius 1 is 1.69 bits per heavy atom. The van der Waals surface area contributed by atoms with Crippen LogP contribution in [0.1, 0.15) is 6.92 Å². The van der Waals surface area contributed by atoms with Gasteiger partial charge in [0.05, 0.1) is 0 Å². The molecule has 2 N–H and O–H groups in total. The van der Waals surface area contributed by atoms with E-state index in [2.05, 4.69) is 15.6 Å². The van der Waals surface area contributed by atoms with E-state index >= 15 is 0 Å². The highest BCUT2D eigenvalue weighted by Crippen LogP contribution is 2.11. The lowest BCUT2D eigenvalue weighted by molar-refractivity contribution is 0.978. The number of thiocarbonyl (C=S) groups is 1. The molecule has 0 aromatic carbocycles. The molecular formula is C8H10ClN3S. The van der Waals surface area contributed by atoms with Crippen LogP contribution in [0.2, 0.25) is 5.02 Å². The molecule has 1 aromatic heterocycles. The molecule has 1 heterocycles. The monoisotopic (exact) mass is 215 g/mol. The third-order valence-electron chi connectivity index (χ3n) is 1.30. The van der Waals surface area contributed by atoms with Gasteiger partial charge in [0.25, 0.3) is 0 Å². The summed E-state index contributed by atoms with van der Waals surface area (Å²) >= 11 is 10.7. The van der Waals surface area contributed by atoms with E-state index < -0.39 is 0 Å². The molecule has 5 heteroatoms.